The van der Waals surface area contributed by atoms with Crippen LogP contribution < -0.4 is 0 Å². The van der Waals surface area contributed by atoms with Crippen molar-refractivity contribution >= 4 is 0 Å². The van der Waals surface area contributed by atoms with Crippen LogP contribution in [0.25, 0.3) is 0 Å². The molecule has 0 N–H and O–H groups in total. The second-order valence-electron chi connectivity index (χ2n) is 3.45. The summed E-state index contributed by atoms with van der Waals surface area (Å²) in [5.74, 6) is 0.465. The van der Waals surface area contributed by atoms with Crippen LogP contribution in [-0.4, -0.2) is 0 Å². The van der Waals surface area contributed by atoms with Crippen LogP contribution in [0.3, 0.4) is 0 Å². The Bertz CT molecular complexity index is 306. The fourth-order valence-electron chi connectivity index (χ4n) is 1.73. The van der Waals surface area contributed by atoms with E-state index in [-0.39, 0.29) is 0 Å². The van der Waals surface area contributed by atoms with E-state index in [1.807, 2.05) is 13.0 Å². The zero-order valence-electron chi connectivity index (χ0n) is 9.03. The van der Waals surface area contributed by atoms with Crippen LogP contribution >= 0.6 is 0 Å². The number of benzene rings is 1. The van der Waals surface area contributed by atoms with Crippen molar-refractivity contribution in [3.8, 4) is 0 Å². The third-order valence-electron chi connectivity index (χ3n) is 2.44. The lowest BCUT2D eigenvalue weighted by atomic mass is 9.89. The van der Waals surface area contributed by atoms with E-state index in [1.165, 1.54) is 11.1 Å². The molecule has 14 heavy (non-hydrogen) atoms. The Hall–Kier alpha value is -1.30. The summed E-state index contributed by atoms with van der Waals surface area (Å²) < 4.78 is 0. The van der Waals surface area contributed by atoms with Gasteiger partial charge in [0.2, 0.25) is 0 Å². The van der Waals surface area contributed by atoms with Gasteiger partial charge in [-0.15, -0.1) is 0 Å². The third kappa shape index (κ3) is 2.59. The van der Waals surface area contributed by atoms with Crippen LogP contribution in [0, 0.1) is 0 Å². The van der Waals surface area contributed by atoms with E-state index in [0.29, 0.717) is 5.92 Å². The molecule has 0 aromatic heterocycles. The molecule has 0 heterocycles. The lowest BCUT2D eigenvalue weighted by Gasteiger charge is -2.15. The van der Waals surface area contributed by atoms with Gasteiger partial charge in [-0.2, -0.15) is 0 Å². The van der Waals surface area contributed by atoms with Crippen molar-refractivity contribution < 1.29 is 0 Å². The molecule has 0 heteroatoms. The van der Waals surface area contributed by atoms with Crippen LogP contribution in [0.4, 0.5) is 0 Å². The van der Waals surface area contributed by atoms with Gasteiger partial charge in [0.15, 0.2) is 0 Å². The van der Waals surface area contributed by atoms with Gasteiger partial charge in [0, 0.05) is 5.92 Å². The van der Waals surface area contributed by atoms with Gasteiger partial charge in [-0.1, -0.05) is 56.0 Å². The molecule has 1 rings (SSSR count). The first-order chi connectivity index (χ1) is 6.79. The Balaban J connectivity index is 2.88. The second kappa shape index (κ2) is 5.43. The molecule has 0 aliphatic rings. The summed E-state index contributed by atoms with van der Waals surface area (Å²) in [5.41, 5.74) is 2.55. The van der Waals surface area contributed by atoms with Gasteiger partial charge in [0.05, 0.1) is 0 Å². The summed E-state index contributed by atoms with van der Waals surface area (Å²) in [6, 6.07) is 10.6. The summed E-state index contributed by atoms with van der Waals surface area (Å²) >= 11 is 0. The Kier molecular flexibility index (Phi) is 4.18. The molecule has 0 aliphatic heterocycles. The molecule has 0 fully saturated rings. The summed E-state index contributed by atoms with van der Waals surface area (Å²) in [4.78, 5) is 0. The third-order valence-corrected chi connectivity index (χ3v) is 2.44. The number of allylic oxidation sites excluding steroid dienone is 3. The number of rotatable bonds is 4. The fraction of sp³-hybridized carbons (Fsp3) is 0.286. The molecule has 1 unspecified atom stereocenters. The van der Waals surface area contributed by atoms with Crippen LogP contribution in [0.1, 0.15) is 31.7 Å². The largest absolute Gasteiger partial charge is 0.0952 e. The predicted octanol–water partition coefficient (Wildman–Crippen LogP) is 4.31. The maximum atomic E-state index is 4.11. The molecule has 0 saturated heterocycles. The van der Waals surface area contributed by atoms with Crippen molar-refractivity contribution in [2.45, 2.75) is 26.2 Å². The highest BCUT2D eigenvalue weighted by Crippen LogP contribution is 2.26. The normalized spacial score (nSPS) is 13.0. The highest BCUT2D eigenvalue weighted by molar-refractivity contribution is 5.32. The van der Waals surface area contributed by atoms with E-state index < -0.39 is 0 Å². The SMILES string of the molecule is C=C(C=CC)C(CC)c1ccccc1. The zero-order chi connectivity index (χ0) is 10.4. The lowest BCUT2D eigenvalue weighted by Crippen LogP contribution is -1.98. The van der Waals surface area contributed by atoms with Crippen molar-refractivity contribution in [3.63, 3.8) is 0 Å². The molecular weight excluding hydrogens is 168 g/mol. The molecule has 74 valence electrons. The van der Waals surface area contributed by atoms with Crippen LogP contribution in [0.15, 0.2) is 54.6 Å². The van der Waals surface area contributed by atoms with Gasteiger partial charge in [-0.25, -0.2) is 0 Å². The van der Waals surface area contributed by atoms with Gasteiger partial charge in [0.1, 0.15) is 0 Å². The van der Waals surface area contributed by atoms with Crippen molar-refractivity contribution in [2.75, 3.05) is 0 Å². The van der Waals surface area contributed by atoms with Gasteiger partial charge in [-0.3, -0.25) is 0 Å². The first kappa shape index (κ1) is 10.8. The molecule has 0 bridgehead atoms. The fourth-order valence-corrected chi connectivity index (χ4v) is 1.73. The maximum absolute atomic E-state index is 4.11. The summed E-state index contributed by atoms with van der Waals surface area (Å²) in [5, 5.41) is 0. The predicted molar refractivity (Wildman–Crippen MR) is 63.4 cm³/mol. The number of hydrogen-bond donors (Lipinski definition) is 0. The van der Waals surface area contributed by atoms with Gasteiger partial charge < -0.3 is 0 Å². The summed E-state index contributed by atoms with van der Waals surface area (Å²) in [7, 11) is 0. The molecule has 1 aromatic rings. The van der Waals surface area contributed by atoms with E-state index in [1.54, 1.807) is 0 Å². The second-order valence-corrected chi connectivity index (χ2v) is 3.45. The Labute approximate surface area is 87.0 Å². The monoisotopic (exact) mass is 186 g/mol. The van der Waals surface area contributed by atoms with E-state index in [4.69, 9.17) is 0 Å². The van der Waals surface area contributed by atoms with Gasteiger partial charge in [-0.05, 0) is 24.5 Å². The van der Waals surface area contributed by atoms with Gasteiger partial charge in [0.25, 0.3) is 0 Å². The van der Waals surface area contributed by atoms with Crippen molar-refractivity contribution in [1.82, 2.24) is 0 Å². The Morgan fingerprint density at radius 1 is 1.36 bits per heavy atom. The highest BCUT2D eigenvalue weighted by Gasteiger charge is 2.09. The first-order valence-electron chi connectivity index (χ1n) is 5.16. The molecule has 1 aromatic carbocycles. The topological polar surface area (TPSA) is 0 Å². The van der Waals surface area contributed by atoms with Crippen molar-refractivity contribution in [3.05, 3.63) is 60.2 Å². The van der Waals surface area contributed by atoms with E-state index >= 15 is 0 Å². The van der Waals surface area contributed by atoms with Crippen molar-refractivity contribution in [1.29, 1.82) is 0 Å². The van der Waals surface area contributed by atoms with E-state index in [0.717, 1.165) is 6.42 Å². The smallest absolute Gasteiger partial charge is 0.00807 e. The molecule has 0 radical (unpaired) electrons. The molecule has 0 amide bonds. The Morgan fingerprint density at radius 2 is 2.00 bits per heavy atom. The van der Waals surface area contributed by atoms with Crippen molar-refractivity contribution in [2.24, 2.45) is 0 Å². The molecule has 0 aliphatic carbocycles. The molecule has 1 atom stereocenters. The molecular formula is C14H18. The molecule has 0 nitrogen and oxygen atoms in total. The van der Waals surface area contributed by atoms with Gasteiger partial charge >= 0.3 is 0 Å². The van der Waals surface area contributed by atoms with Crippen LogP contribution in [0.5, 0.6) is 0 Å². The van der Waals surface area contributed by atoms with Crippen LogP contribution in [0.2, 0.25) is 0 Å². The highest BCUT2D eigenvalue weighted by atomic mass is 14.1. The standard InChI is InChI=1S/C14H18/c1-4-9-12(3)14(5-2)13-10-7-6-8-11-13/h4,6-11,14H,3,5H2,1-2H3. The molecule has 0 spiro atoms. The number of hydrogen-bond acceptors (Lipinski definition) is 0. The minimum absolute atomic E-state index is 0.465. The lowest BCUT2D eigenvalue weighted by molar-refractivity contribution is 0.778. The first-order valence-corrected chi connectivity index (χ1v) is 5.16. The van der Waals surface area contributed by atoms with E-state index in [2.05, 4.69) is 49.9 Å². The Morgan fingerprint density at radius 3 is 2.50 bits per heavy atom. The van der Waals surface area contributed by atoms with Crippen LogP contribution in [-0.2, 0) is 0 Å². The average molecular weight is 186 g/mol. The minimum atomic E-state index is 0.465. The quantitative estimate of drug-likeness (QED) is 0.614. The summed E-state index contributed by atoms with van der Waals surface area (Å²) in [6.45, 7) is 8.34. The average Bonchev–Trinajstić information content (AvgIpc) is 2.21. The van der Waals surface area contributed by atoms with E-state index in [9.17, 15) is 0 Å². The zero-order valence-corrected chi connectivity index (χ0v) is 9.03. The summed E-state index contributed by atoms with van der Waals surface area (Å²) in [6.07, 6.45) is 5.25. The maximum Gasteiger partial charge on any atom is 0.00807 e. The molecule has 0 saturated carbocycles. The minimum Gasteiger partial charge on any atom is -0.0952 e.